The number of ether oxygens (including phenoxy) is 1. The van der Waals surface area contributed by atoms with Gasteiger partial charge in [-0.25, -0.2) is 4.79 Å². The molecule has 0 fully saturated rings. The molecule has 0 aliphatic heterocycles. The number of esters is 1. The van der Waals surface area contributed by atoms with E-state index in [-0.39, 0.29) is 5.56 Å². The van der Waals surface area contributed by atoms with E-state index < -0.39 is 5.97 Å². The van der Waals surface area contributed by atoms with Gasteiger partial charge in [0.2, 0.25) is 0 Å². The molecule has 0 aliphatic rings. The highest BCUT2D eigenvalue weighted by Crippen LogP contribution is 2.10. The monoisotopic (exact) mass is 215 g/mol. The number of hydrogen-bond acceptors (Lipinski definition) is 3. The summed E-state index contributed by atoms with van der Waals surface area (Å²) in [6.07, 6.45) is 2.48. The number of hydrogen-bond donors (Lipinski definition) is 0. The Morgan fingerprint density at radius 1 is 1.12 bits per heavy atom. The first-order valence-corrected chi connectivity index (χ1v) is 4.72. The zero-order valence-electron chi connectivity index (χ0n) is 8.37. The third-order valence-electron chi connectivity index (χ3n) is 1.96. The van der Waals surface area contributed by atoms with Crippen LogP contribution < -0.4 is 9.47 Å². The summed E-state index contributed by atoms with van der Waals surface area (Å²) >= 11 is 0. The van der Waals surface area contributed by atoms with Gasteiger partial charge in [-0.15, -0.1) is 0 Å². The summed E-state index contributed by atoms with van der Waals surface area (Å²) < 4.78 is 5.62. The molecular weight excluding hydrogens is 206 g/mol. The fraction of sp³-hybridized carbons (Fsp3) is 0. The molecule has 0 aliphatic carbocycles. The van der Waals surface area contributed by atoms with Crippen molar-refractivity contribution in [2.75, 3.05) is 0 Å². The molecule has 0 spiro atoms. The summed E-state index contributed by atoms with van der Waals surface area (Å²) in [5, 5.41) is 11.0. The molecule has 80 valence electrons. The Hall–Kier alpha value is -2.36. The van der Waals surface area contributed by atoms with Gasteiger partial charge in [0, 0.05) is 6.07 Å². The lowest BCUT2D eigenvalue weighted by Crippen LogP contribution is -2.26. The Morgan fingerprint density at radius 2 is 1.88 bits per heavy atom. The van der Waals surface area contributed by atoms with Crippen LogP contribution in [-0.2, 0) is 0 Å². The van der Waals surface area contributed by atoms with E-state index in [1.165, 1.54) is 24.5 Å². The molecule has 0 amide bonds. The summed E-state index contributed by atoms with van der Waals surface area (Å²) in [4.78, 5) is 11.6. The molecule has 2 aromatic rings. The minimum atomic E-state index is -0.545. The number of pyridine rings is 1. The zero-order valence-corrected chi connectivity index (χ0v) is 8.37. The van der Waals surface area contributed by atoms with Gasteiger partial charge in [-0.05, 0) is 18.2 Å². The molecule has 0 atom stereocenters. The van der Waals surface area contributed by atoms with Crippen LogP contribution in [0.5, 0.6) is 5.75 Å². The zero-order chi connectivity index (χ0) is 11.4. The van der Waals surface area contributed by atoms with Crippen molar-refractivity contribution < 1.29 is 14.3 Å². The molecule has 1 aromatic heterocycles. The lowest BCUT2D eigenvalue weighted by Gasteiger charge is -2.03. The van der Waals surface area contributed by atoms with E-state index in [1.54, 1.807) is 24.3 Å². The summed E-state index contributed by atoms with van der Waals surface area (Å²) in [5.41, 5.74) is 0.223. The fourth-order valence-corrected chi connectivity index (χ4v) is 1.23. The summed E-state index contributed by atoms with van der Waals surface area (Å²) in [6.45, 7) is 0. The van der Waals surface area contributed by atoms with Crippen LogP contribution in [0.15, 0.2) is 54.9 Å². The van der Waals surface area contributed by atoms with E-state index >= 15 is 0 Å². The normalized spacial score (nSPS) is 9.75. The Bertz CT molecular complexity index is 497. The van der Waals surface area contributed by atoms with Crippen molar-refractivity contribution in [3.8, 4) is 5.75 Å². The molecule has 0 bridgehead atoms. The Labute approximate surface area is 92.3 Å². The molecule has 1 aromatic carbocycles. The minimum Gasteiger partial charge on any atom is -0.619 e. The van der Waals surface area contributed by atoms with Gasteiger partial charge in [-0.1, -0.05) is 18.2 Å². The lowest BCUT2D eigenvalue weighted by atomic mass is 10.3. The van der Waals surface area contributed by atoms with Crippen molar-refractivity contribution in [2.24, 2.45) is 0 Å². The van der Waals surface area contributed by atoms with Crippen LogP contribution >= 0.6 is 0 Å². The topological polar surface area (TPSA) is 53.2 Å². The van der Waals surface area contributed by atoms with Crippen LogP contribution in [0, 0.1) is 5.21 Å². The van der Waals surface area contributed by atoms with E-state index in [2.05, 4.69) is 0 Å². The minimum absolute atomic E-state index is 0.223. The van der Waals surface area contributed by atoms with Gasteiger partial charge in [0.1, 0.15) is 11.3 Å². The number of rotatable bonds is 2. The Morgan fingerprint density at radius 3 is 2.56 bits per heavy atom. The van der Waals surface area contributed by atoms with Crippen molar-refractivity contribution in [3.63, 3.8) is 0 Å². The number of benzene rings is 1. The number of carbonyl (C=O) groups is 1. The van der Waals surface area contributed by atoms with Crippen molar-refractivity contribution >= 4 is 5.97 Å². The van der Waals surface area contributed by atoms with Crippen molar-refractivity contribution in [3.05, 3.63) is 65.6 Å². The standard InChI is InChI=1S/C12H9NO3/c14-12(10-5-4-8-13(15)9-10)16-11-6-2-1-3-7-11/h1-9H. The fourth-order valence-electron chi connectivity index (χ4n) is 1.23. The Kier molecular flexibility index (Phi) is 2.82. The molecule has 4 nitrogen and oxygen atoms in total. The largest absolute Gasteiger partial charge is 0.619 e. The van der Waals surface area contributed by atoms with Crippen molar-refractivity contribution in [2.45, 2.75) is 0 Å². The van der Waals surface area contributed by atoms with Crippen molar-refractivity contribution in [1.82, 2.24) is 0 Å². The van der Waals surface area contributed by atoms with Gasteiger partial charge in [0.15, 0.2) is 12.4 Å². The van der Waals surface area contributed by atoms with Gasteiger partial charge < -0.3 is 9.94 Å². The average Bonchev–Trinajstić information content (AvgIpc) is 2.30. The summed E-state index contributed by atoms with van der Waals surface area (Å²) in [6, 6.07) is 11.7. The van der Waals surface area contributed by atoms with Crippen LogP contribution in [-0.4, -0.2) is 5.97 Å². The third kappa shape index (κ3) is 2.36. The number of carbonyl (C=O) groups excluding carboxylic acids is 1. The molecule has 0 saturated heterocycles. The highest BCUT2D eigenvalue weighted by atomic mass is 16.5. The SMILES string of the molecule is O=C(Oc1ccccc1)c1ccc[n+]([O-])c1. The smallest absolute Gasteiger partial charge is 0.349 e. The third-order valence-corrected chi connectivity index (χ3v) is 1.96. The predicted octanol–water partition coefficient (Wildman–Crippen LogP) is 1.54. The highest BCUT2D eigenvalue weighted by Gasteiger charge is 2.10. The van der Waals surface area contributed by atoms with Crippen LogP contribution in [0.4, 0.5) is 0 Å². The van der Waals surface area contributed by atoms with E-state index in [1.807, 2.05) is 6.07 Å². The van der Waals surface area contributed by atoms with Crippen molar-refractivity contribution in [1.29, 1.82) is 0 Å². The number of nitrogens with zero attached hydrogens (tertiary/aromatic N) is 1. The van der Waals surface area contributed by atoms with Gasteiger partial charge in [-0.3, -0.25) is 0 Å². The molecule has 0 unspecified atom stereocenters. The molecule has 16 heavy (non-hydrogen) atoms. The number of aromatic nitrogens is 1. The van der Waals surface area contributed by atoms with E-state index in [4.69, 9.17) is 4.74 Å². The first kappa shape index (κ1) is 10.2. The summed E-state index contributed by atoms with van der Waals surface area (Å²) in [5.74, 6) is -0.0924. The second kappa shape index (κ2) is 4.44. The van der Waals surface area contributed by atoms with E-state index in [9.17, 15) is 10.0 Å². The molecule has 4 heteroatoms. The van der Waals surface area contributed by atoms with Gasteiger partial charge in [-0.2, -0.15) is 4.73 Å². The first-order valence-electron chi connectivity index (χ1n) is 4.72. The number of para-hydroxylation sites is 1. The molecular formula is C12H9NO3. The molecule has 0 N–H and O–H groups in total. The molecule has 0 saturated carbocycles. The van der Waals surface area contributed by atoms with E-state index in [0.29, 0.717) is 10.5 Å². The second-order valence-corrected chi connectivity index (χ2v) is 3.16. The maximum atomic E-state index is 11.6. The second-order valence-electron chi connectivity index (χ2n) is 3.16. The molecule has 2 rings (SSSR count). The van der Waals surface area contributed by atoms with Crippen LogP contribution in [0.1, 0.15) is 10.4 Å². The van der Waals surface area contributed by atoms with Gasteiger partial charge in [0.05, 0.1) is 0 Å². The highest BCUT2D eigenvalue weighted by molar-refractivity contribution is 5.90. The molecule has 1 heterocycles. The van der Waals surface area contributed by atoms with Gasteiger partial charge in [0.25, 0.3) is 0 Å². The lowest BCUT2D eigenvalue weighted by molar-refractivity contribution is -0.605. The maximum Gasteiger partial charge on any atom is 0.349 e. The Balaban J connectivity index is 2.15. The quantitative estimate of drug-likeness (QED) is 0.330. The van der Waals surface area contributed by atoms with E-state index in [0.717, 1.165) is 0 Å². The maximum absolute atomic E-state index is 11.6. The predicted molar refractivity (Wildman–Crippen MR) is 56.8 cm³/mol. The summed E-state index contributed by atoms with van der Waals surface area (Å²) in [7, 11) is 0. The first-order chi connectivity index (χ1) is 7.75. The van der Waals surface area contributed by atoms with Crippen LogP contribution in [0.2, 0.25) is 0 Å². The molecule has 0 radical (unpaired) electrons. The average molecular weight is 215 g/mol. The van der Waals surface area contributed by atoms with Gasteiger partial charge >= 0.3 is 5.97 Å². The van der Waals surface area contributed by atoms with Crippen LogP contribution in [0.3, 0.4) is 0 Å². The van der Waals surface area contributed by atoms with Crippen LogP contribution in [0.25, 0.3) is 0 Å².